The average molecular weight is 468 g/mol. The second kappa shape index (κ2) is 8.03. The van der Waals surface area contributed by atoms with Crippen molar-refractivity contribution in [2.75, 3.05) is 5.75 Å². The van der Waals surface area contributed by atoms with Crippen molar-refractivity contribution >= 4 is 33.5 Å². The summed E-state index contributed by atoms with van der Waals surface area (Å²) in [4.78, 5) is 23.6. The Balaban J connectivity index is 1.52. The van der Waals surface area contributed by atoms with Gasteiger partial charge in [0.2, 0.25) is 0 Å². The fourth-order valence-electron chi connectivity index (χ4n) is 3.91. The van der Waals surface area contributed by atoms with Gasteiger partial charge in [0.25, 0.3) is 5.91 Å². The molecule has 1 amide bonds. The molecular weight excluding hydrogens is 450 g/mol. The number of ether oxygens (including phenoxy) is 3. The van der Waals surface area contributed by atoms with Gasteiger partial charge in [-0.25, -0.2) is 18.7 Å². The first-order chi connectivity index (χ1) is 14.7. The van der Waals surface area contributed by atoms with E-state index >= 15 is 0 Å². The van der Waals surface area contributed by atoms with Crippen LogP contribution in [0.15, 0.2) is 53.4 Å². The van der Waals surface area contributed by atoms with Gasteiger partial charge in [-0.15, -0.1) is 0 Å². The maximum atomic E-state index is 13.0. The first-order valence-corrected chi connectivity index (χ1v) is 11.3. The summed E-state index contributed by atoms with van der Waals surface area (Å²) in [7, 11) is -3.94. The predicted molar refractivity (Wildman–Crippen MR) is 107 cm³/mol. The van der Waals surface area contributed by atoms with Crippen LogP contribution >= 0.6 is 11.6 Å². The third-order valence-electron chi connectivity index (χ3n) is 5.38. The Hall–Kier alpha value is -2.82. The summed E-state index contributed by atoms with van der Waals surface area (Å²) in [5.74, 6) is -0.504. The lowest BCUT2D eigenvalue weighted by molar-refractivity contribution is -0.139. The smallest absolute Gasteiger partial charge is 0.457 e. The molecule has 1 saturated heterocycles. The second-order valence-corrected chi connectivity index (χ2v) is 9.90. The van der Waals surface area contributed by atoms with E-state index in [1.54, 1.807) is 24.3 Å². The van der Waals surface area contributed by atoms with Gasteiger partial charge in [-0.2, -0.15) is 0 Å². The summed E-state index contributed by atoms with van der Waals surface area (Å²) in [5, 5.41) is 9.73. The summed E-state index contributed by atoms with van der Waals surface area (Å²) in [5.41, 5.74) is 0.0359. The zero-order chi connectivity index (χ0) is 22.2. The maximum Gasteiger partial charge on any atom is 0.509 e. The maximum absolute atomic E-state index is 13.0. The van der Waals surface area contributed by atoms with Crippen molar-refractivity contribution in [2.45, 2.75) is 29.9 Å². The van der Waals surface area contributed by atoms with E-state index in [2.05, 4.69) is 0 Å². The van der Waals surface area contributed by atoms with Crippen molar-refractivity contribution in [1.82, 2.24) is 5.48 Å². The van der Waals surface area contributed by atoms with Crippen LogP contribution in [0.1, 0.15) is 12.8 Å². The lowest BCUT2D eigenvalue weighted by Crippen LogP contribution is -2.43. The molecule has 1 aliphatic carbocycles. The number of carbonyl (C=O) groups is 2. The second-order valence-electron chi connectivity index (χ2n) is 7.48. The van der Waals surface area contributed by atoms with Crippen molar-refractivity contribution in [3.05, 3.63) is 53.6 Å². The van der Waals surface area contributed by atoms with Gasteiger partial charge >= 0.3 is 6.16 Å². The van der Waals surface area contributed by atoms with Gasteiger partial charge in [0.1, 0.15) is 23.7 Å². The predicted octanol–water partition coefficient (Wildman–Crippen LogP) is 3.10. The van der Waals surface area contributed by atoms with E-state index in [1.165, 1.54) is 29.7 Å². The zero-order valence-corrected chi connectivity index (χ0v) is 17.6. The Morgan fingerprint density at radius 2 is 1.58 bits per heavy atom. The van der Waals surface area contributed by atoms with Gasteiger partial charge in [-0.3, -0.25) is 10.0 Å². The fraction of sp³-hybridized carbons (Fsp3) is 0.300. The Kier molecular flexibility index (Phi) is 5.54. The molecule has 0 spiro atoms. The Bertz CT molecular complexity index is 1090. The number of hydrogen-bond acceptors (Lipinski definition) is 8. The summed E-state index contributed by atoms with van der Waals surface area (Å²) in [6.07, 6.45) is -2.49. The summed E-state index contributed by atoms with van der Waals surface area (Å²) >= 11 is 5.84. The molecule has 2 aromatic carbocycles. The van der Waals surface area contributed by atoms with Crippen LogP contribution in [0.2, 0.25) is 5.02 Å². The molecule has 0 radical (unpaired) electrons. The van der Waals surface area contributed by atoms with Crippen LogP contribution in [0.4, 0.5) is 4.79 Å². The number of amides is 1. The highest BCUT2D eigenvalue weighted by atomic mass is 35.5. The van der Waals surface area contributed by atoms with Crippen LogP contribution in [-0.2, 0) is 24.1 Å². The molecule has 31 heavy (non-hydrogen) atoms. The average Bonchev–Trinajstić information content (AvgIpc) is 3.23. The van der Waals surface area contributed by atoms with E-state index in [4.69, 9.17) is 31.0 Å². The molecule has 4 rings (SSSR count). The highest BCUT2D eigenvalue weighted by molar-refractivity contribution is 7.91. The minimum Gasteiger partial charge on any atom is -0.457 e. The van der Waals surface area contributed by atoms with E-state index in [1.807, 2.05) is 0 Å². The minimum atomic E-state index is -3.94. The third-order valence-corrected chi connectivity index (χ3v) is 7.55. The molecule has 1 saturated carbocycles. The molecule has 1 heterocycles. The van der Waals surface area contributed by atoms with Gasteiger partial charge in [0.05, 0.1) is 16.1 Å². The summed E-state index contributed by atoms with van der Waals surface area (Å²) < 4.78 is 41.7. The van der Waals surface area contributed by atoms with Gasteiger partial charge in [0, 0.05) is 17.9 Å². The molecule has 2 fully saturated rings. The Labute approximate surface area is 182 Å². The van der Waals surface area contributed by atoms with Crippen LogP contribution in [-0.4, -0.2) is 43.6 Å². The third kappa shape index (κ3) is 4.32. The molecule has 164 valence electrons. The zero-order valence-electron chi connectivity index (χ0n) is 16.0. The molecule has 9 nitrogen and oxygen atoms in total. The molecule has 2 atom stereocenters. The minimum absolute atomic E-state index is 0.0176. The van der Waals surface area contributed by atoms with Crippen LogP contribution < -0.4 is 10.2 Å². The van der Waals surface area contributed by atoms with Crippen LogP contribution in [0.25, 0.3) is 0 Å². The van der Waals surface area contributed by atoms with Crippen molar-refractivity contribution in [3.63, 3.8) is 0 Å². The Morgan fingerprint density at radius 1 is 1.06 bits per heavy atom. The first kappa shape index (κ1) is 21.4. The number of hydrogen-bond donors (Lipinski definition) is 2. The topological polar surface area (TPSA) is 128 Å². The standard InChI is InChI=1S/C20H18ClNO8S/c21-12-1-3-13(4-2-12)28-14-5-7-15(8-6-14)31(26,27)11-20(18(23)22-25)9-16-17(10-20)30-19(24)29-16/h1-8,16-17,25H,9-11H2,(H,22,23). The van der Waals surface area contributed by atoms with Gasteiger partial charge in [-0.1, -0.05) is 11.6 Å². The molecular formula is C20H18ClNO8S. The lowest BCUT2D eigenvalue weighted by atomic mass is 9.87. The molecule has 2 aromatic rings. The fourth-order valence-corrected chi connectivity index (χ4v) is 5.85. The quantitative estimate of drug-likeness (QED) is 0.377. The number of carbonyl (C=O) groups excluding carboxylic acids is 2. The molecule has 11 heteroatoms. The van der Waals surface area contributed by atoms with Crippen molar-refractivity contribution in [2.24, 2.45) is 5.41 Å². The molecule has 0 bridgehead atoms. The van der Waals surface area contributed by atoms with Crippen LogP contribution in [0, 0.1) is 5.41 Å². The van der Waals surface area contributed by atoms with E-state index in [-0.39, 0.29) is 17.7 Å². The number of sulfone groups is 1. The normalized spacial score (nSPS) is 24.8. The van der Waals surface area contributed by atoms with Crippen molar-refractivity contribution < 1.29 is 37.4 Å². The number of nitrogens with one attached hydrogen (secondary N) is 1. The van der Waals surface area contributed by atoms with Gasteiger partial charge in [-0.05, 0) is 48.5 Å². The molecule has 2 unspecified atom stereocenters. The molecule has 1 aliphatic heterocycles. The number of fused-ring (bicyclic) bond motifs is 1. The van der Waals surface area contributed by atoms with Gasteiger partial charge < -0.3 is 14.2 Å². The van der Waals surface area contributed by atoms with E-state index in [0.29, 0.717) is 16.5 Å². The van der Waals surface area contributed by atoms with E-state index < -0.39 is 45.3 Å². The van der Waals surface area contributed by atoms with Crippen molar-refractivity contribution in [1.29, 1.82) is 0 Å². The first-order valence-electron chi connectivity index (χ1n) is 9.29. The number of benzene rings is 2. The SMILES string of the molecule is O=C1OC2CC(CS(=O)(=O)c3ccc(Oc4ccc(Cl)cc4)cc3)(C(=O)NO)CC2O1. The number of rotatable bonds is 6. The number of hydroxylamine groups is 1. The summed E-state index contributed by atoms with van der Waals surface area (Å²) in [6, 6.07) is 12.4. The largest absolute Gasteiger partial charge is 0.509 e. The molecule has 2 N–H and O–H groups in total. The Morgan fingerprint density at radius 3 is 2.10 bits per heavy atom. The molecule has 2 aliphatic rings. The monoisotopic (exact) mass is 467 g/mol. The lowest BCUT2D eigenvalue weighted by Gasteiger charge is -2.26. The van der Waals surface area contributed by atoms with Crippen LogP contribution in [0.3, 0.4) is 0 Å². The highest BCUT2D eigenvalue weighted by Gasteiger charge is 2.58. The van der Waals surface area contributed by atoms with Gasteiger partial charge in [0.15, 0.2) is 9.84 Å². The molecule has 0 aromatic heterocycles. The van der Waals surface area contributed by atoms with Crippen LogP contribution in [0.5, 0.6) is 11.5 Å². The summed E-state index contributed by atoms with van der Waals surface area (Å²) in [6.45, 7) is 0. The highest BCUT2D eigenvalue weighted by Crippen LogP contribution is 2.46. The van der Waals surface area contributed by atoms with Crippen molar-refractivity contribution in [3.8, 4) is 11.5 Å². The van der Waals surface area contributed by atoms with E-state index in [0.717, 1.165) is 0 Å². The van der Waals surface area contributed by atoms with E-state index in [9.17, 15) is 18.0 Å². The number of halogens is 1.